The molecule has 0 atom stereocenters. The number of fused-ring (bicyclic) bond motifs is 1. The maximum absolute atomic E-state index is 14.2. The molecule has 1 saturated heterocycles. The molecule has 2 aliphatic rings. The highest BCUT2D eigenvalue weighted by Crippen LogP contribution is 2.31. The number of halogens is 1. The molecule has 3 rings (SSSR count). The molecule has 0 saturated carbocycles. The van der Waals surface area contributed by atoms with Gasteiger partial charge in [0.2, 0.25) is 0 Å². The molecule has 1 N–H and O–H groups in total. The number of anilines is 2. The van der Waals surface area contributed by atoms with Crippen LogP contribution in [0.25, 0.3) is 0 Å². The van der Waals surface area contributed by atoms with Crippen LogP contribution in [0.3, 0.4) is 0 Å². The topological polar surface area (TPSA) is 58.6 Å². The third-order valence-electron chi connectivity index (χ3n) is 4.07. The SMILES string of the molecule is CN(CC1CCOCC1)c1cc2c(cc1F)C(=O)C(=O)N2. The Morgan fingerprint density at radius 2 is 2.05 bits per heavy atom. The van der Waals surface area contributed by atoms with E-state index in [1.807, 2.05) is 11.9 Å². The first-order valence-electron chi connectivity index (χ1n) is 7.04. The van der Waals surface area contributed by atoms with Crippen molar-refractivity contribution in [3.8, 4) is 0 Å². The van der Waals surface area contributed by atoms with Crippen molar-refractivity contribution in [1.82, 2.24) is 0 Å². The molecule has 2 heterocycles. The van der Waals surface area contributed by atoms with Crippen LogP contribution in [0.15, 0.2) is 12.1 Å². The maximum atomic E-state index is 14.2. The molecule has 0 unspecified atom stereocenters. The first-order valence-corrected chi connectivity index (χ1v) is 7.04. The summed E-state index contributed by atoms with van der Waals surface area (Å²) >= 11 is 0. The second-order valence-corrected chi connectivity index (χ2v) is 5.57. The van der Waals surface area contributed by atoms with Gasteiger partial charge in [-0.1, -0.05) is 0 Å². The Morgan fingerprint density at radius 3 is 2.76 bits per heavy atom. The lowest BCUT2D eigenvalue weighted by molar-refractivity contribution is -0.112. The van der Waals surface area contributed by atoms with Crippen molar-refractivity contribution in [2.75, 3.05) is 37.0 Å². The third-order valence-corrected chi connectivity index (χ3v) is 4.07. The minimum Gasteiger partial charge on any atom is -0.381 e. The molecule has 0 spiro atoms. The van der Waals surface area contributed by atoms with Gasteiger partial charge < -0.3 is 15.0 Å². The van der Waals surface area contributed by atoms with Gasteiger partial charge in [0.15, 0.2) is 0 Å². The monoisotopic (exact) mass is 292 g/mol. The summed E-state index contributed by atoms with van der Waals surface area (Å²) < 4.78 is 19.5. The predicted octanol–water partition coefficient (Wildman–Crippen LogP) is 1.82. The van der Waals surface area contributed by atoms with Crippen molar-refractivity contribution < 1.29 is 18.7 Å². The molecule has 1 aromatic rings. The number of benzene rings is 1. The number of ketones is 1. The number of carbonyl (C=O) groups excluding carboxylic acids is 2. The number of rotatable bonds is 3. The number of amides is 1. The molecule has 1 aromatic carbocycles. The van der Waals surface area contributed by atoms with Gasteiger partial charge in [-0.25, -0.2) is 4.39 Å². The average Bonchev–Trinajstić information content (AvgIpc) is 2.74. The zero-order valence-corrected chi connectivity index (χ0v) is 11.8. The lowest BCUT2D eigenvalue weighted by Crippen LogP contribution is -2.30. The second kappa shape index (κ2) is 5.44. The van der Waals surface area contributed by atoms with Crippen LogP contribution in [-0.2, 0) is 9.53 Å². The van der Waals surface area contributed by atoms with E-state index in [0.29, 0.717) is 17.3 Å². The summed E-state index contributed by atoms with van der Waals surface area (Å²) in [5.41, 5.74) is 0.899. The number of nitrogens with one attached hydrogen (secondary N) is 1. The minimum absolute atomic E-state index is 0.112. The Hall–Kier alpha value is -1.95. The zero-order valence-electron chi connectivity index (χ0n) is 11.8. The van der Waals surface area contributed by atoms with Crippen LogP contribution < -0.4 is 10.2 Å². The summed E-state index contributed by atoms with van der Waals surface area (Å²) in [6, 6.07) is 2.68. The molecule has 0 aromatic heterocycles. The summed E-state index contributed by atoms with van der Waals surface area (Å²) in [4.78, 5) is 24.7. The molecule has 1 fully saturated rings. The number of hydrogen-bond acceptors (Lipinski definition) is 4. The van der Waals surface area contributed by atoms with Gasteiger partial charge in [-0.3, -0.25) is 9.59 Å². The van der Waals surface area contributed by atoms with Gasteiger partial charge in [0.05, 0.1) is 16.9 Å². The standard InChI is InChI=1S/C15H17FN2O3/c1-18(8-9-2-4-21-5-3-9)13-7-12-10(6-11(13)16)14(19)15(20)17-12/h6-7,9H,2-5,8H2,1H3,(H,17,19,20). The van der Waals surface area contributed by atoms with Crippen molar-refractivity contribution in [1.29, 1.82) is 0 Å². The van der Waals surface area contributed by atoms with Crippen molar-refractivity contribution in [2.45, 2.75) is 12.8 Å². The number of carbonyl (C=O) groups is 2. The van der Waals surface area contributed by atoms with E-state index < -0.39 is 17.5 Å². The van der Waals surface area contributed by atoms with E-state index >= 15 is 0 Å². The highest BCUT2D eigenvalue weighted by molar-refractivity contribution is 6.51. The average molecular weight is 292 g/mol. The first kappa shape index (κ1) is 14.0. The van der Waals surface area contributed by atoms with Gasteiger partial charge in [0.25, 0.3) is 11.7 Å². The highest BCUT2D eigenvalue weighted by atomic mass is 19.1. The number of Topliss-reactive ketones (excluding diaryl/α,β-unsaturated/α-hetero) is 1. The molecule has 0 bridgehead atoms. The van der Waals surface area contributed by atoms with E-state index in [4.69, 9.17) is 4.74 Å². The van der Waals surface area contributed by atoms with Crippen LogP contribution in [0, 0.1) is 11.7 Å². The van der Waals surface area contributed by atoms with Crippen LogP contribution in [0.5, 0.6) is 0 Å². The molecule has 112 valence electrons. The number of ether oxygens (including phenoxy) is 1. The van der Waals surface area contributed by atoms with Crippen LogP contribution in [0.1, 0.15) is 23.2 Å². The van der Waals surface area contributed by atoms with Crippen LogP contribution >= 0.6 is 0 Å². The van der Waals surface area contributed by atoms with Gasteiger partial charge in [-0.2, -0.15) is 0 Å². The Bertz CT molecular complexity index is 597. The van der Waals surface area contributed by atoms with Crippen molar-refractivity contribution in [3.05, 3.63) is 23.5 Å². The van der Waals surface area contributed by atoms with Gasteiger partial charge in [-0.15, -0.1) is 0 Å². The van der Waals surface area contributed by atoms with E-state index in [-0.39, 0.29) is 5.56 Å². The summed E-state index contributed by atoms with van der Waals surface area (Å²) in [5.74, 6) is -1.39. The van der Waals surface area contributed by atoms with E-state index in [0.717, 1.165) is 38.7 Å². The van der Waals surface area contributed by atoms with Crippen LogP contribution in [0.4, 0.5) is 15.8 Å². The van der Waals surface area contributed by atoms with E-state index in [1.165, 1.54) is 6.07 Å². The zero-order chi connectivity index (χ0) is 15.0. The molecule has 5 nitrogen and oxygen atoms in total. The molecule has 2 aliphatic heterocycles. The second-order valence-electron chi connectivity index (χ2n) is 5.57. The molecule has 6 heteroatoms. The number of hydrogen-bond donors (Lipinski definition) is 1. The normalized spacial score (nSPS) is 18.6. The lowest BCUT2D eigenvalue weighted by atomic mass is 9.99. The Balaban J connectivity index is 1.80. The molecule has 1 amide bonds. The van der Waals surface area contributed by atoms with Gasteiger partial charge >= 0.3 is 0 Å². The Kier molecular flexibility index (Phi) is 3.63. The summed E-state index contributed by atoms with van der Waals surface area (Å²) in [7, 11) is 1.82. The Labute approximate surface area is 122 Å². The predicted molar refractivity (Wildman–Crippen MR) is 76.2 cm³/mol. The molecular weight excluding hydrogens is 275 g/mol. The van der Waals surface area contributed by atoms with Gasteiger partial charge in [0, 0.05) is 26.8 Å². The van der Waals surface area contributed by atoms with E-state index in [1.54, 1.807) is 0 Å². The summed E-state index contributed by atoms with van der Waals surface area (Å²) in [6.07, 6.45) is 1.93. The summed E-state index contributed by atoms with van der Waals surface area (Å²) in [5, 5.41) is 2.47. The fourth-order valence-electron chi connectivity index (χ4n) is 2.86. The third kappa shape index (κ3) is 2.63. The van der Waals surface area contributed by atoms with Gasteiger partial charge in [0.1, 0.15) is 5.82 Å². The Morgan fingerprint density at radius 1 is 1.33 bits per heavy atom. The molecule has 21 heavy (non-hydrogen) atoms. The molecule has 0 aliphatic carbocycles. The van der Waals surface area contributed by atoms with Crippen molar-refractivity contribution >= 4 is 23.1 Å². The lowest BCUT2D eigenvalue weighted by Gasteiger charge is -2.28. The minimum atomic E-state index is -0.700. The van der Waals surface area contributed by atoms with Crippen LogP contribution in [-0.4, -0.2) is 38.5 Å². The van der Waals surface area contributed by atoms with E-state index in [2.05, 4.69) is 5.32 Å². The highest BCUT2D eigenvalue weighted by Gasteiger charge is 2.30. The molecule has 0 radical (unpaired) electrons. The van der Waals surface area contributed by atoms with Gasteiger partial charge in [-0.05, 0) is 30.9 Å². The quantitative estimate of drug-likeness (QED) is 0.863. The first-order chi connectivity index (χ1) is 10.1. The smallest absolute Gasteiger partial charge is 0.296 e. The molecular formula is C15H17FN2O3. The number of nitrogens with zero attached hydrogens (tertiary/aromatic N) is 1. The van der Waals surface area contributed by atoms with Crippen molar-refractivity contribution in [3.63, 3.8) is 0 Å². The van der Waals surface area contributed by atoms with Crippen molar-refractivity contribution in [2.24, 2.45) is 5.92 Å². The fraction of sp³-hybridized carbons (Fsp3) is 0.467. The van der Waals surface area contributed by atoms with Crippen LogP contribution in [0.2, 0.25) is 0 Å². The maximum Gasteiger partial charge on any atom is 0.296 e. The largest absolute Gasteiger partial charge is 0.381 e. The summed E-state index contributed by atoms with van der Waals surface area (Å²) in [6.45, 7) is 2.21. The van der Waals surface area contributed by atoms with E-state index in [9.17, 15) is 14.0 Å². The fourth-order valence-corrected chi connectivity index (χ4v) is 2.86.